The Bertz CT molecular complexity index is 1390. The second kappa shape index (κ2) is 9.56. The zero-order chi connectivity index (χ0) is 23.7. The van der Waals surface area contributed by atoms with Crippen molar-refractivity contribution in [3.63, 3.8) is 0 Å². The number of rotatable bonds is 7. The summed E-state index contributed by atoms with van der Waals surface area (Å²) in [5.41, 5.74) is 4.52. The number of H-pyrrole nitrogens is 1. The predicted octanol–water partition coefficient (Wildman–Crippen LogP) is 3.95. The standard InChI is InChI=1S/C25H29N5O2S2/c1-29-24(23-17-20-6-3-4-7-22(20)26-23)27-28-25(29)33-15-5-12-30-13-10-18-8-9-21(34(2,31)32)16-19(18)11-14-30/h3-4,6-9,16-17,26H,5,10-15H2,1-2H3. The van der Waals surface area contributed by atoms with Gasteiger partial charge in [-0.25, -0.2) is 8.42 Å². The van der Waals surface area contributed by atoms with Crippen LogP contribution in [-0.2, 0) is 29.7 Å². The van der Waals surface area contributed by atoms with Crippen molar-refractivity contribution in [2.24, 2.45) is 7.05 Å². The lowest BCUT2D eigenvalue weighted by molar-refractivity contribution is 0.289. The van der Waals surface area contributed by atoms with Gasteiger partial charge in [-0.15, -0.1) is 10.2 Å². The highest BCUT2D eigenvalue weighted by Crippen LogP contribution is 2.26. The molecule has 0 amide bonds. The Labute approximate surface area is 204 Å². The van der Waals surface area contributed by atoms with Crippen LogP contribution in [0.3, 0.4) is 0 Å². The van der Waals surface area contributed by atoms with E-state index in [9.17, 15) is 8.42 Å². The fourth-order valence-corrected chi connectivity index (χ4v) is 6.03. The Balaban J connectivity index is 1.14. The molecule has 0 saturated heterocycles. The van der Waals surface area contributed by atoms with E-state index in [1.54, 1.807) is 17.8 Å². The number of thioether (sulfide) groups is 1. The van der Waals surface area contributed by atoms with Crippen LogP contribution in [0.2, 0.25) is 0 Å². The molecule has 0 unspecified atom stereocenters. The monoisotopic (exact) mass is 495 g/mol. The highest BCUT2D eigenvalue weighted by Gasteiger charge is 2.17. The van der Waals surface area contributed by atoms with Gasteiger partial charge in [-0.2, -0.15) is 0 Å². The van der Waals surface area contributed by atoms with Crippen molar-refractivity contribution in [3.05, 3.63) is 59.7 Å². The maximum atomic E-state index is 11.9. The first-order valence-corrected chi connectivity index (χ1v) is 14.4. The van der Waals surface area contributed by atoms with E-state index in [2.05, 4.69) is 42.8 Å². The minimum absolute atomic E-state index is 0.423. The summed E-state index contributed by atoms with van der Waals surface area (Å²) in [6.07, 6.45) is 4.19. The van der Waals surface area contributed by atoms with Crippen molar-refractivity contribution in [3.8, 4) is 11.5 Å². The van der Waals surface area contributed by atoms with Gasteiger partial charge >= 0.3 is 0 Å². The molecule has 1 aliphatic heterocycles. The smallest absolute Gasteiger partial charge is 0.191 e. The molecule has 2 aromatic heterocycles. The third kappa shape index (κ3) is 4.92. The molecule has 1 N–H and O–H groups in total. The number of nitrogens with one attached hydrogen (secondary N) is 1. The van der Waals surface area contributed by atoms with E-state index in [1.165, 1.54) is 22.8 Å². The van der Waals surface area contributed by atoms with E-state index in [1.807, 2.05) is 31.3 Å². The number of benzene rings is 2. The molecule has 0 radical (unpaired) electrons. The van der Waals surface area contributed by atoms with E-state index >= 15 is 0 Å². The molecule has 178 valence electrons. The van der Waals surface area contributed by atoms with E-state index < -0.39 is 9.84 Å². The Morgan fingerprint density at radius 3 is 2.62 bits per heavy atom. The van der Waals surface area contributed by atoms with Gasteiger partial charge in [0.25, 0.3) is 0 Å². The highest BCUT2D eigenvalue weighted by molar-refractivity contribution is 7.99. The Hall–Kier alpha value is -2.62. The third-order valence-electron chi connectivity index (χ3n) is 6.46. The molecule has 0 saturated carbocycles. The molecule has 9 heteroatoms. The largest absolute Gasteiger partial charge is 0.352 e. The first-order valence-electron chi connectivity index (χ1n) is 11.5. The minimum Gasteiger partial charge on any atom is -0.352 e. The van der Waals surface area contributed by atoms with Crippen molar-refractivity contribution in [1.82, 2.24) is 24.6 Å². The maximum Gasteiger partial charge on any atom is 0.191 e. The van der Waals surface area contributed by atoms with Crippen molar-refractivity contribution in [2.45, 2.75) is 29.3 Å². The minimum atomic E-state index is -3.16. The average molecular weight is 496 g/mol. The van der Waals surface area contributed by atoms with Crippen LogP contribution in [0, 0.1) is 0 Å². The van der Waals surface area contributed by atoms with Crippen LogP contribution in [0.4, 0.5) is 0 Å². The van der Waals surface area contributed by atoms with Crippen LogP contribution < -0.4 is 0 Å². The van der Waals surface area contributed by atoms with Crippen molar-refractivity contribution < 1.29 is 8.42 Å². The van der Waals surface area contributed by atoms with Crippen molar-refractivity contribution in [1.29, 1.82) is 0 Å². The molecular formula is C25H29N5O2S2. The molecule has 34 heavy (non-hydrogen) atoms. The van der Waals surface area contributed by atoms with Crippen LogP contribution in [0.5, 0.6) is 0 Å². The van der Waals surface area contributed by atoms with Gasteiger partial charge in [0.1, 0.15) is 0 Å². The fourth-order valence-electron chi connectivity index (χ4n) is 4.52. The van der Waals surface area contributed by atoms with Crippen LogP contribution in [0.1, 0.15) is 17.5 Å². The molecule has 0 atom stereocenters. The van der Waals surface area contributed by atoms with Gasteiger partial charge in [0.15, 0.2) is 20.8 Å². The summed E-state index contributed by atoms with van der Waals surface area (Å²) in [5, 5.41) is 10.9. The van der Waals surface area contributed by atoms with Crippen molar-refractivity contribution >= 4 is 32.5 Å². The highest BCUT2D eigenvalue weighted by atomic mass is 32.2. The lowest BCUT2D eigenvalue weighted by atomic mass is 10.0. The number of aromatic amines is 1. The molecule has 0 bridgehead atoms. The number of fused-ring (bicyclic) bond motifs is 2. The Kier molecular flexibility index (Phi) is 6.50. The first-order chi connectivity index (χ1) is 16.4. The third-order valence-corrected chi connectivity index (χ3v) is 8.67. The summed E-state index contributed by atoms with van der Waals surface area (Å²) in [6.45, 7) is 2.98. The first kappa shape index (κ1) is 23.1. The van der Waals surface area contributed by atoms with E-state index in [-0.39, 0.29) is 0 Å². The summed E-state index contributed by atoms with van der Waals surface area (Å²) >= 11 is 1.74. The number of hydrogen-bond acceptors (Lipinski definition) is 6. The van der Waals surface area contributed by atoms with Gasteiger partial charge in [0.05, 0.1) is 10.6 Å². The molecule has 3 heterocycles. The lowest BCUT2D eigenvalue weighted by Gasteiger charge is -2.19. The second-order valence-electron chi connectivity index (χ2n) is 8.88. The van der Waals surface area contributed by atoms with Crippen LogP contribution in [0.15, 0.2) is 58.6 Å². The predicted molar refractivity (Wildman–Crippen MR) is 137 cm³/mol. The number of sulfone groups is 1. The van der Waals surface area contributed by atoms with E-state index in [0.29, 0.717) is 4.90 Å². The SMILES string of the molecule is Cn1c(SCCCN2CCc3ccc(S(C)(=O)=O)cc3CC2)nnc1-c1cc2ccccc2[nH]1. The molecule has 0 aliphatic carbocycles. The van der Waals surface area contributed by atoms with Gasteiger partial charge in [0.2, 0.25) is 0 Å². The topological polar surface area (TPSA) is 83.9 Å². The maximum absolute atomic E-state index is 11.9. The second-order valence-corrected chi connectivity index (χ2v) is 12.0. The van der Waals surface area contributed by atoms with Crippen LogP contribution in [-0.4, -0.2) is 64.7 Å². The normalized spacial score (nSPS) is 14.9. The molecule has 1 aliphatic rings. The zero-order valence-electron chi connectivity index (χ0n) is 19.5. The summed E-state index contributed by atoms with van der Waals surface area (Å²) in [7, 11) is -1.15. The Morgan fingerprint density at radius 2 is 1.82 bits per heavy atom. The Morgan fingerprint density at radius 1 is 1.03 bits per heavy atom. The molecular weight excluding hydrogens is 466 g/mol. The number of hydrogen-bond donors (Lipinski definition) is 1. The van der Waals surface area contributed by atoms with Gasteiger partial charge in [0, 0.05) is 43.0 Å². The number of aromatic nitrogens is 4. The van der Waals surface area contributed by atoms with Gasteiger partial charge in [-0.05, 0) is 61.2 Å². The summed E-state index contributed by atoms with van der Waals surface area (Å²) in [4.78, 5) is 6.33. The average Bonchev–Trinajstić information content (AvgIpc) is 3.33. The summed E-state index contributed by atoms with van der Waals surface area (Å²) in [6, 6.07) is 15.9. The number of nitrogens with zero attached hydrogens (tertiary/aromatic N) is 4. The molecule has 0 spiro atoms. The molecule has 0 fully saturated rings. The lowest BCUT2D eigenvalue weighted by Crippen LogP contribution is -2.27. The molecule has 5 rings (SSSR count). The molecule has 7 nitrogen and oxygen atoms in total. The van der Waals surface area contributed by atoms with Crippen LogP contribution in [0.25, 0.3) is 22.4 Å². The van der Waals surface area contributed by atoms with Gasteiger partial charge in [-0.1, -0.05) is 36.0 Å². The quantitative estimate of drug-likeness (QED) is 0.309. The van der Waals surface area contributed by atoms with Crippen molar-refractivity contribution in [2.75, 3.05) is 31.6 Å². The zero-order valence-corrected chi connectivity index (χ0v) is 21.1. The van der Waals surface area contributed by atoms with Gasteiger partial charge < -0.3 is 14.5 Å². The number of para-hydroxylation sites is 1. The molecule has 4 aromatic rings. The van der Waals surface area contributed by atoms with Gasteiger partial charge in [-0.3, -0.25) is 0 Å². The van der Waals surface area contributed by atoms with E-state index in [0.717, 1.165) is 66.8 Å². The van der Waals surface area contributed by atoms with Crippen LogP contribution >= 0.6 is 11.8 Å². The summed E-state index contributed by atoms with van der Waals surface area (Å²) in [5.74, 6) is 1.82. The fraction of sp³-hybridized carbons (Fsp3) is 0.360. The summed E-state index contributed by atoms with van der Waals surface area (Å²) < 4.78 is 25.8. The van der Waals surface area contributed by atoms with E-state index in [4.69, 9.17) is 0 Å². The molecule has 2 aromatic carbocycles.